The number of aliphatic hydroxyl groups is 1. The molecule has 1 aromatic rings. The van der Waals surface area contributed by atoms with E-state index >= 15 is 0 Å². The Morgan fingerprint density at radius 2 is 1.95 bits per heavy atom. The van der Waals surface area contributed by atoms with Gasteiger partial charge < -0.3 is 15.3 Å². The van der Waals surface area contributed by atoms with Crippen molar-refractivity contribution in [1.29, 1.82) is 0 Å². The van der Waals surface area contributed by atoms with Gasteiger partial charge in [-0.3, -0.25) is 4.79 Å². The van der Waals surface area contributed by atoms with E-state index in [1.54, 1.807) is 12.1 Å². The molecule has 2 N–H and O–H groups in total. The van der Waals surface area contributed by atoms with Crippen LogP contribution < -0.4 is 10.2 Å². The van der Waals surface area contributed by atoms with Crippen LogP contribution in [0, 0.1) is 5.82 Å². The minimum atomic E-state index is -0.899. The van der Waals surface area contributed by atoms with Gasteiger partial charge in [-0.05, 0) is 43.9 Å². The number of nitrogens with one attached hydrogen (secondary N) is 1. The molecule has 1 saturated heterocycles. The molecule has 0 radical (unpaired) electrons. The first kappa shape index (κ1) is 16.7. The van der Waals surface area contributed by atoms with Crippen molar-refractivity contribution < 1.29 is 14.3 Å². The predicted octanol–water partition coefficient (Wildman–Crippen LogP) is 2.71. The Balaban J connectivity index is 2.03. The summed E-state index contributed by atoms with van der Waals surface area (Å²) in [7, 11) is 0. The van der Waals surface area contributed by atoms with E-state index in [2.05, 4.69) is 5.32 Å². The van der Waals surface area contributed by atoms with E-state index in [0.29, 0.717) is 18.5 Å². The van der Waals surface area contributed by atoms with Gasteiger partial charge in [-0.25, -0.2) is 4.39 Å². The molecule has 1 heterocycles. The van der Waals surface area contributed by atoms with Crippen LogP contribution in [0.3, 0.4) is 0 Å². The molecule has 22 heavy (non-hydrogen) atoms. The lowest BCUT2D eigenvalue weighted by Crippen LogP contribution is -2.42. The number of rotatable bonds is 6. The van der Waals surface area contributed by atoms with Crippen molar-refractivity contribution in [3.63, 3.8) is 0 Å². The number of hydrogen-bond acceptors (Lipinski definition) is 3. The van der Waals surface area contributed by atoms with Crippen LogP contribution >= 0.6 is 0 Å². The molecule has 1 aromatic carbocycles. The van der Waals surface area contributed by atoms with Crippen molar-refractivity contribution in [2.45, 2.75) is 45.1 Å². The summed E-state index contributed by atoms with van der Waals surface area (Å²) >= 11 is 0. The summed E-state index contributed by atoms with van der Waals surface area (Å²) in [6.45, 7) is 5.65. The zero-order valence-corrected chi connectivity index (χ0v) is 13.4. The topological polar surface area (TPSA) is 52.6 Å². The molecular formula is C17H25FN2O2. The number of hydrogen-bond donors (Lipinski definition) is 2. The largest absolute Gasteiger partial charge is 0.388 e. The number of carbonyl (C=O) groups is 1. The number of benzene rings is 1. The lowest BCUT2D eigenvalue weighted by Gasteiger charge is -2.25. The first-order valence-electron chi connectivity index (χ1n) is 8.04. The Labute approximate surface area is 131 Å². The Kier molecular flexibility index (Phi) is 5.40. The summed E-state index contributed by atoms with van der Waals surface area (Å²) in [5.74, 6) is -0.719. The molecule has 0 bridgehead atoms. The van der Waals surface area contributed by atoms with Crippen LogP contribution in [0.1, 0.15) is 49.9 Å². The average Bonchev–Trinajstić information content (AvgIpc) is 3.06. The molecule has 1 aliphatic rings. The third-order valence-corrected chi connectivity index (χ3v) is 4.55. The highest BCUT2D eigenvalue weighted by molar-refractivity contribution is 5.94. The highest BCUT2D eigenvalue weighted by Gasteiger charge is 2.23. The average molecular weight is 308 g/mol. The van der Waals surface area contributed by atoms with Crippen molar-refractivity contribution in [2.24, 2.45) is 0 Å². The second-order valence-electron chi connectivity index (χ2n) is 5.97. The molecule has 0 aliphatic carbocycles. The third-order valence-electron chi connectivity index (χ3n) is 4.55. The zero-order chi connectivity index (χ0) is 16.2. The molecule has 0 saturated carbocycles. The normalized spacial score (nSPS) is 15.2. The van der Waals surface area contributed by atoms with Crippen LogP contribution in [-0.4, -0.2) is 36.2 Å². The van der Waals surface area contributed by atoms with Crippen molar-refractivity contribution in [3.8, 4) is 0 Å². The molecule has 1 aliphatic heterocycles. The Morgan fingerprint density at radius 1 is 1.32 bits per heavy atom. The van der Waals surface area contributed by atoms with Gasteiger partial charge >= 0.3 is 0 Å². The van der Waals surface area contributed by atoms with Crippen molar-refractivity contribution in [1.82, 2.24) is 5.32 Å². The first-order chi connectivity index (χ1) is 10.5. The summed E-state index contributed by atoms with van der Waals surface area (Å²) in [5.41, 5.74) is -0.0494. The number of anilines is 1. The first-order valence-corrected chi connectivity index (χ1v) is 8.04. The molecular weight excluding hydrogens is 283 g/mol. The standard InChI is InChI=1S/C17H25FN2O2/c1-3-17(22,4-2)12-19-16(21)13-7-8-15(14(18)11-13)20-9-5-6-10-20/h7-8,11,22H,3-6,9-10,12H2,1-2H3,(H,19,21). The van der Waals surface area contributed by atoms with Crippen LogP contribution in [0.2, 0.25) is 0 Å². The second-order valence-corrected chi connectivity index (χ2v) is 5.97. The number of nitrogens with zero attached hydrogens (tertiary/aromatic N) is 1. The van der Waals surface area contributed by atoms with Gasteiger partial charge in [0.25, 0.3) is 5.91 Å². The van der Waals surface area contributed by atoms with Crippen LogP contribution in [0.15, 0.2) is 18.2 Å². The molecule has 0 aromatic heterocycles. The van der Waals surface area contributed by atoms with Crippen molar-refractivity contribution in [2.75, 3.05) is 24.5 Å². The predicted molar refractivity (Wildman–Crippen MR) is 85.7 cm³/mol. The SMILES string of the molecule is CCC(O)(CC)CNC(=O)c1ccc(N2CCCC2)c(F)c1. The fraction of sp³-hybridized carbons (Fsp3) is 0.588. The van der Waals surface area contributed by atoms with Gasteiger partial charge in [0.2, 0.25) is 0 Å². The summed E-state index contributed by atoms with van der Waals surface area (Å²) in [5, 5.41) is 12.9. The van der Waals surface area contributed by atoms with E-state index in [9.17, 15) is 14.3 Å². The highest BCUT2D eigenvalue weighted by atomic mass is 19.1. The van der Waals surface area contributed by atoms with E-state index in [1.807, 2.05) is 18.7 Å². The van der Waals surface area contributed by atoms with Gasteiger partial charge in [-0.2, -0.15) is 0 Å². The fourth-order valence-corrected chi connectivity index (χ4v) is 2.71. The van der Waals surface area contributed by atoms with Crippen molar-refractivity contribution >= 4 is 11.6 Å². The third kappa shape index (κ3) is 3.77. The maximum Gasteiger partial charge on any atom is 0.251 e. The van der Waals surface area contributed by atoms with E-state index in [0.717, 1.165) is 25.9 Å². The van der Waals surface area contributed by atoms with Crippen LogP contribution in [-0.2, 0) is 0 Å². The number of carbonyl (C=O) groups excluding carboxylic acids is 1. The minimum absolute atomic E-state index is 0.175. The van der Waals surface area contributed by atoms with Gasteiger partial charge in [-0.15, -0.1) is 0 Å². The van der Waals surface area contributed by atoms with E-state index in [1.165, 1.54) is 6.07 Å². The Bertz CT molecular complexity index is 523. The number of amides is 1. The quantitative estimate of drug-likeness (QED) is 0.849. The molecule has 2 rings (SSSR count). The molecule has 1 fully saturated rings. The van der Waals surface area contributed by atoms with Gasteiger partial charge in [0.1, 0.15) is 5.82 Å². The summed E-state index contributed by atoms with van der Waals surface area (Å²) in [4.78, 5) is 14.1. The minimum Gasteiger partial charge on any atom is -0.388 e. The zero-order valence-electron chi connectivity index (χ0n) is 13.4. The van der Waals surface area contributed by atoms with E-state index in [-0.39, 0.29) is 23.8 Å². The molecule has 1 amide bonds. The van der Waals surface area contributed by atoms with Gasteiger partial charge in [0, 0.05) is 25.2 Å². The summed E-state index contributed by atoms with van der Waals surface area (Å²) in [6, 6.07) is 4.59. The molecule has 0 spiro atoms. The van der Waals surface area contributed by atoms with Crippen LogP contribution in [0.4, 0.5) is 10.1 Å². The molecule has 4 nitrogen and oxygen atoms in total. The van der Waals surface area contributed by atoms with Crippen LogP contribution in [0.5, 0.6) is 0 Å². The molecule has 0 unspecified atom stereocenters. The van der Waals surface area contributed by atoms with E-state index in [4.69, 9.17) is 0 Å². The maximum absolute atomic E-state index is 14.2. The number of halogens is 1. The molecule has 122 valence electrons. The second kappa shape index (κ2) is 7.09. The summed E-state index contributed by atoms with van der Waals surface area (Å²) in [6.07, 6.45) is 3.28. The van der Waals surface area contributed by atoms with Gasteiger partial charge in [0.05, 0.1) is 11.3 Å². The Morgan fingerprint density at radius 3 is 2.50 bits per heavy atom. The molecule has 5 heteroatoms. The smallest absolute Gasteiger partial charge is 0.251 e. The maximum atomic E-state index is 14.2. The highest BCUT2D eigenvalue weighted by Crippen LogP contribution is 2.24. The lowest BCUT2D eigenvalue weighted by atomic mass is 9.97. The summed E-state index contributed by atoms with van der Waals surface area (Å²) < 4.78 is 14.2. The molecule has 0 atom stereocenters. The lowest BCUT2D eigenvalue weighted by molar-refractivity contribution is 0.0314. The Hall–Kier alpha value is -1.62. The fourth-order valence-electron chi connectivity index (χ4n) is 2.71. The van der Waals surface area contributed by atoms with Gasteiger partial charge in [-0.1, -0.05) is 13.8 Å². The van der Waals surface area contributed by atoms with Gasteiger partial charge in [0.15, 0.2) is 0 Å². The van der Waals surface area contributed by atoms with Crippen LogP contribution in [0.25, 0.3) is 0 Å². The monoisotopic (exact) mass is 308 g/mol. The van der Waals surface area contributed by atoms with E-state index < -0.39 is 5.60 Å². The van der Waals surface area contributed by atoms with Crippen molar-refractivity contribution in [3.05, 3.63) is 29.6 Å².